The van der Waals surface area contributed by atoms with Crippen molar-refractivity contribution in [2.24, 2.45) is 4.99 Å². The van der Waals surface area contributed by atoms with Crippen molar-refractivity contribution in [2.75, 3.05) is 0 Å². The summed E-state index contributed by atoms with van der Waals surface area (Å²) < 4.78 is 0.911. The van der Waals surface area contributed by atoms with Crippen molar-refractivity contribution in [3.05, 3.63) is 88.4 Å². The van der Waals surface area contributed by atoms with Crippen LogP contribution in [0, 0.1) is 0 Å². The first-order valence-corrected chi connectivity index (χ1v) is 9.28. The van der Waals surface area contributed by atoms with Gasteiger partial charge in [0.1, 0.15) is 5.75 Å². The van der Waals surface area contributed by atoms with Crippen LogP contribution in [0.4, 0.5) is 5.69 Å². The Kier molecular flexibility index (Phi) is 5.72. The predicted molar refractivity (Wildman–Crippen MR) is 106 cm³/mol. The summed E-state index contributed by atoms with van der Waals surface area (Å²) in [6.45, 7) is 0. The molecule has 0 radical (unpaired) electrons. The summed E-state index contributed by atoms with van der Waals surface area (Å²) in [6, 6.07) is 23.7. The van der Waals surface area contributed by atoms with Gasteiger partial charge in [0.2, 0.25) is 0 Å². The molecule has 0 aliphatic carbocycles. The summed E-state index contributed by atoms with van der Waals surface area (Å²) in [6.07, 6.45) is 1.70. The number of aromatic hydroxyl groups is 1. The standard InChI is InChI=1S/C20H16BrNOS/c21-17-10-11-19(23)16(12-17)13-22-18-8-4-5-9-20(18)24-14-15-6-2-1-3-7-15/h1-13,23H,14H2. The van der Waals surface area contributed by atoms with E-state index in [-0.39, 0.29) is 5.75 Å². The third-order valence-electron chi connectivity index (χ3n) is 3.43. The normalized spacial score (nSPS) is 11.0. The molecule has 0 heterocycles. The van der Waals surface area contributed by atoms with Gasteiger partial charge in [-0.3, -0.25) is 4.99 Å². The minimum atomic E-state index is 0.219. The van der Waals surface area contributed by atoms with Gasteiger partial charge in [-0.1, -0.05) is 58.4 Å². The molecule has 0 aliphatic rings. The summed E-state index contributed by atoms with van der Waals surface area (Å²) in [5.41, 5.74) is 2.87. The second-order valence-corrected chi connectivity index (χ2v) is 7.14. The number of hydrogen-bond acceptors (Lipinski definition) is 3. The molecule has 0 fully saturated rings. The van der Waals surface area contributed by atoms with E-state index >= 15 is 0 Å². The molecule has 0 amide bonds. The Hall–Kier alpha value is -2.04. The number of nitrogens with zero attached hydrogens (tertiary/aromatic N) is 1. The second kappa shape index (κ2) is 8.18. The topological polar surface area (TPSA) is 32.6 Å². The largest absolute Gasteiger partial charge is 0.507 e. The molecule has 2 nitrogen and oxygen atoms in total. The van der Waals surface area contributed by atoms with Gasteiger partial charge in [0.15, 0.2) is 0 Å². The van der Waals surface area contributed by atoms with Crippen molar-refractivity contribution < 1.29 is 5.11 Å². The molecule has 120 valence electrons. The third-order valence-corrected chi connectivity index (χ3v) is 5.06. The molecule has 0 saturated heterocycles. The van der Waals surface area contributed by atoms with Gasteiger partial charge in [0, 0.05) is 26.9 Å². The van der Waals surface area contributed by atoms with E-state index < -0.39 is 0 Å². The fourth-order valence-corrected chi connectivity index (χ4v) is 3.53. The van der Waals surface area contributed by atoms with E-state index in [0.717, 1.165) is 20.8 Å². The van der Waals surface area contributed by atoms with Crippen molar-refractivity contribution in [3.63, 3.8) is 0 Å². The first-order chi connectivity index (χ1) is 11.7. The molecule has 3 aromatic carbocycles. The number of aliphatic imine (C=N–C) groups is 1. The Bertz CT molecular complexity index is 849. The molecule has 0 atom stereocenters. The first-order valence-electron chi connectivity index (χ1n) is 7.51. The zero-order valence-corrected chi connectivity index (χ0v) is 15.3. The van der Waals surface area contributed by atoms with Crippen LogP contribution in [0.25, 0.3) is 0 Å². The molecule has 0 bridgehead atoms. The lowest BCUT2D eigenvalue weighted by molar-refractivity contribution is 0.474. The zero-order chi connectivity index (χ0) is 16.8. The van der Waals surface area contributed by atoms with E-state index in [1.165, 1.54) is 5.56 Å². The Balaban J connectivity index is 1.79. The van der Waals surface area contributed by atoms with Gasteiger partial charge in [-0.05, 0) is 35.9 Å². The second-order valence-electron chi connectivity index (χ2n) is 5.20. The predicted octanol–water partition coefficient (Wildman–Crippen LogP) is 6.20. The van der Waals surface area contributed by atoms with Gasteiger partial charge < -0.3 is 5.11 Å². The average molecular weight is 398 g/mol. The minimum absolute atomic E-state index is 0.219. The van der Waals surface area contributed by atoms with Gasteiger partial charge in [-0.2, -0.15) is 0 Å². The third kappa shape index (κ3) is 4.49. The number of rotatable bonds is 5. The quantitative estimate of drug-likeness (QED) is 0.410. The number of halogens is 1. The van der Waals surface area contributed by atoms with Gasteiger partial charge in [-0.15, -0.1) is 11.8 Å². The fraction of sp³-hybridized carbons (Fsp3) is 0.0500. The Labute approximate surface area is 154 Å². The van der Waals surface area contributed by atoms with Crippen LogP contribution in [0.1, 0.15) is 11.1 Å². The highest BCUT2D eigenvalue weighted by molar-refractivity contribution is 9.10. The van der Waals surface area contributed by atoms with Crippen molar-refractivity contribution in [1.29, 1.82) is 0 Å². The summed E-state index contributed by atoms with van der Waals surface area (Å²) in [4.78, 5) is 5.68. The summed E-state index contributed by atoms with van der Waals surface area (Å²) in [5.74, 6) is 1.12. The molecule has 0 aliphatic heterocycles. The van der Waals surface area contributed by atoms with Crippen LogP contribution in [0.5, 0.6) is 5.75 Å². The molecule has 0 aromatic heterocycles. The smallest absolute Gasteiger partial charge is 0.124 e. The average Bonchev–Trinajstić information content (AvgIpc) is 2.62. The number of thioether (sulfide) groups is 1. The van der Waals surface area contributed by atoms with Gasteiger partial charge in [0.05, 0.1) is 5.69 Å². The highest BCUT2D eigenvalue weighted by Gasteiger charge is 2.03. The van der Waals surface area contributed by atoms with E-state index in [4.69, 9.17) is 0 Å². The van der Waals surface area contributed by atoms with E-state index in [0.29, 0.717) is 5.56 Å². The van der Waals surface area contributed by atoms with Crippen LogP contribution < -0.4 is 0 Å². The highest BCUT2D eigenvalue weighted by atomic mass is 79.9. The maximum atomic E-state index is 9.92. The van der Waals surface area contributed by atoms with Crippen LogP contribution >= 0.6 is 27.7 Å². The molecule has 3 rings (SSSR count). The summed E-state index contributed by atoms with van der Waals surface area (Å²) in [5, 5.41) is 9.92. The maximum Gasteiger partial charge on any atom is 0.124 e. The Morgan fingerprint density at radius 1 is 0.958 bits per heavy atom. The van der Waals surface area contributed by atoms with Gasteiger partial charge in [-0.25, -0.2) is 0 Å². The Morgan fingerprint density at radius 3 is 2.54 bits per heavy atom. The van der Waals surface area contributed by atoms with Crippen LogP contribution in [0.15, 0.2) is 87.2 Å². The van der Waals surface area contributed by atoms with Gasteiger partial charge >= 0.3 is 0 Å². The van der Waals surface area contributed by atoms with Crippen LogP contribution in [-0.4, -0.2) is 11.3 Å². The maximum absolute atomic E-state index is 9.92. The van der Waals surface area contributed by atoms with E-state index in [1.807, 2.05) is 30.3 Å². The molecule has 1 N–H and O–H groups in total. The monoisotopic (exact) mass is 397 g/mol. The number of phenolic OH excluding ortho intramolecular Hbond substituents is 1. The molecular formula is C20H16BrNOS. The van der Waals surface area contributed by atoms with Crippen LogP contribution in [0.2, 0.25) is 0 Å². The molecule has 24 heavy (non-hydrogen) atoms. The molecular weight excluding hydrogens is 382 g/mol. The van der Waals surface area contributed by atoms with E-state index in [9.17, 15) is 5.11 Å². The van der Waals surface area contributed by atoms with Crippen LogP contribution in [-0.2, 0) is 5.75 Å². The van der Waals surface area contributed by atoms with Gasteiger partial charge in [0.25, 0.3) is 0 Å². The molecule has 4 heteroatoms. The lowest BCUT2D eigenvalue weighted by atomic mass is 10.2. The lowest BCUT2D eigenvalue weighted by Crippen LogP contribution is -1.84. The molecule has 3 aromatic rings. The number of phenols is 1. The van der Waals surface area contributed by atoms with Crippen LogP contribution in [0.3, 0.4) is 0 Å². The number of hydrogen-bond donors (Lipinski definition) is 1. The highest BCUT2D eigenvalue weighted by Crippen LogP contribution is 2.32. The van der Waals surface area contributed by atoms with E-state index in [1.54, 1.807) is 30.1 Å². The van der Waals surface area contributed by atoms with Crippen molar-refractivity contribution in [2.45, 2.75) is 10.6 Å². The SMILES string of the molecule is Oc1ccc(Br)cc1C=Nc1ccccc1SCc1ccccc1. The molecule has 0 saturated carbocycles. The van der Waals surface area contributed by atoms with E-state index in [2.05, 4.69) is 51.3 Å². The van der Waals surface area contributed by atoms with Crippen molar-refractivity contribution in [3.8, 4) is 5.75 Å². The molecule has 0 spiro atoms. The first kappa shape index (κ1) is 16.8. The zero-order valence-electron chi connectivity index (χ0n) is 12.9. The number of benzene rings is 3. The summed E-state index contributed by atoms with van der Waals surface area (Å²) >= 11 is 5.17. The van der Waals surface area contributed by atoms with Crippen molar-refractivity contribution >= 4 is 39.6 Å². The number of para-hydroxylation sites is 1. The van der Waals surface area contributed by atoms with Crippen molar-refractivity contribution in [1.82, 2.24) is 0 Å². The Morgan fingerprint density at radius 2 is 1.71 bits per heavy atom. The summed E-state index contributed by atoms with van der Waals surface area (Å²) in [7, 11) is 0. The fourth-order valence-electron chi connectivity index (χ4n) is 2.19. The molecule has 0 unspecified atom stereocenters. The lowest BCUT2D eigenvalue weighted by Gasteiger charge is -2.06. The minimum Gasteiger partial charge on any atom is -0.507 e.